The van der Waals surface area contributed by atoms with Gasteiger partial charge in [-0.15, -0.1) is 0 Å². The van der Waals surface area contributed by atoms with Crippen LogP contribution in [0.2, 0.25) is 0 Å². The molecule has 0 spiro atoms. The lowest BCUT2D eigenvalue weighted by Gasteiger charge is -2.18. The quantitative estimate of drug-likeness (QED) is 0.490. The SMILES string of the molecule is C=C1C(O)CCC1(C)C. The minimum absolute atomic E-state index is 0.180. The molecule has 0 aromatic carbocycles. The van der Waals surface area contributed by atoms with Crippen molar-refractivity contribution in [1.82, 2.24) is 0 Å². The minimum Gasteiger partial charge on any atom is -0.389 e. The molecule has 1 nitrogen and oxygen atoms in total. The Morgan fingerprint density at radius 2 is 2.22 bits per heavy atom. The highest BCUT2D eigenvalue weighted by atomic mass is 16.3. The van der Waals surface area contributed by atoms with Crippen LogP contribution >= 0.6 is 0 Å². The first-order chi connectivity index (χ1) is 4.04. The van der Waals surface area contributed by atoms with Crippen molar-refractivity contribution in [2.75, 3.05) is 0 Å². The maximum absolute atomic E-state index is 9.23. The zero-order valence-corrected chi connectivity index (χ0v) is 6.15. The molecule has 1 heteroatoms. The molecule has 0 bridgehead atoms. The van der Waals surface area contributed by atoms with Gasteiger partial charge in [-0.3, -0.25) is 0 Å². The lowest BCUT2D eigenvalue weighted by Crippen LogP contribution is -2.11. The van der Waals surface area contributed by atoms with Crippen molar-refractivity contribution in [3.63, 3.8) is 0 Å². The van der Waals surface area contributed by atoms with Crippen LogP contribution in [0.1, 0.15) is 26.7 Å². The van der Waals surface area contributed by atoms with Gasteiger partial charge in [0.15, 0.2) is 0 Å². The van der Waals surface area contributed by atoms with E-state index in [2.05, 4.69) is 20.4 Å². The van der Waals surface area contributed by atoms with Crippen molar-refractivity contribution in [2.45, 2.75) is 32.8 Å². The standard InChI is InChI=1S/C8H14O/c1-6-7(9)4-5-8(6,2)3/h7,9H,1,4-5H2,2-3H3. The summed E-state index contributed by atoms with van der Waals surface area (Å²) in [4.78, 5) is 0. The molecular weight excluding hydrogens is 112 g/mol. The summed E-state index contributed by atoms with van der Waals surface area (Å²) in [5.41, 5.74) is 1.18. The Hall–Kier alpha value is -0.300. The van der Waals surface area contributed by atoms with Gasteiger partial charge in [-0.05, 0) is 23.8 Å². The van der Waals surface area contributed by atoms with Crippen molar-refractivity contribution in [2.24, 2.45) is 5.41 Å². The average Bonchev–Trinajstić information content (AvgIpc) is 1.97. The van der Waals surface area contributed by atoms with E-state index in [-0.39, 0.29) is 11.5 Å². The van der Waals surface area contributed by atoms with E-state index < -0.39 is 0 Å². The van der Waals surface area contributed by atoms with Gasteiger partial charge in [0.1, 0.15) is 0 Å². The molecule has 1 saturated carbocycles. The highest BCUT2D eigenvalue weighted by Crippen LogP contribution is 2.40. The predicted molar refractivity (Wildman–Crippen MR) is 38.2 cm³/mol. The third-order valence-corrected chi connectivity index (χ3v) is 2.31. The summed E-state index contributed by atoms with van der Waals surface area (Å²) in [6.45, 7) is 8.10. The van der Waals surface area contributed by atoms with Gasteiger partial charge in [0.25, 0.3) is 0 Å². The molecule has 0 aromatic heterocycles. The molecule has 0 aliphatic heterocycles. The molecule has 1 aliphatic carbocycles. The third kappa shape index (κ3) is 1.01. The summed E-state index contributed by atoms with van der Waals surface area (Å²) in [6.07, 6.45) is 1.73. The van der Waals surface area contributed by atoms with E-state index in [1.54, 1.807) is 0 Å². The molecule has 1 aliphatic rings. The van der Waals surface area contributed by atoms with Gasteiger partial charge in [0.2, 0.25) is 0 Å². The summed E-state index contributed by atoms with van der Waals surface area (Å²) in [7, 11) is 0. The van der Waals surface area contributed by atoms with E-state index in [4.69, 9.17) is 0 Å². The molecule has 0 heterocycles. The largest absolute Gasteiger partial charge is 0.389 e. The van der Waals surface area contributed by atoms with E-state index >= 15 is 0 Å². The Morgan fingerprint density at radius 3 is 2.33 bits per heavy atom. The maximum Gasteiger partial charge on any atom is 0.0753 e. The number of aliphatic hydroxyl groups is 1. The molecule has 52 valence electrons. The van der Waals surface area contributed by atoms with Gasteiger partial charge in [-0.1, -0.05) is 20.4 Å². The van der Waals surface area contributed by atoms with Crippen LogP contribution in [0.15, 0.2) is 12.2 Å². The van der Waals surface area contributed by atoms with E-state index in [0.29, 0.717) is 0 Å². The van der Waals surface area contributed by atoms with E-state index in [0.717, 1.165) is 18.4 Å². The Labute approximate surface area is 56.4 Å². The van der Waals surface area contributed by atoms with Crippen molar-refractivity contribution >= 4 is 0 Å². The Balaban J connectivity index is 2.74. The molecule has 1 unspecified atom stereocenters. The van der Waals surface area contributed by atoms with Gasteiger partial charge in [-0.25, -0.2) is 0 Å². The number of rotatable bonds is 0. The highest BCUT2D eigenvalue weighted by Gasteiger charge is 2.33. The second kappa shape index (κ2) is 1.84. The van der Waals surface area contributed by atoms with Crippen LogP contribution in [-0.2, 0) is 0 Å². The second-order valence-corrected chi connectivity index (χ2v) is 3.46. The van der Waals surface area contributed by atoms with Crippen molar-refractivity contribution in [3.05, 3.63) is 12.2 Å². The first-order valence-corrected chi connectivity index (χ1v) is 3.41. The fraction of sp³-hybridized carbons (Fsp3) is 0.750. The monoisotopic (exact) mass is 126 g/mol. The smallest absolute Gasteiger partial charge is 0.0753 e. The molecule has 0 radical (unpaired) electrons. The lowest BCUT2D eigenvalue weighted by atomic mass is 9.88. The minimum atomic E-state index is -0.236. The van der Waals surface area contributed by atoms with E-state index in [1.807, 2.05) is 0 Å². The van der Waals surface area contributed by atoms with Crippen molar-refractivity contribution in [1.29, 1.82) is 0 Å². The highest BCUT2D eigenvalue weighted by molar-refractivity contribution is 5.17. The fourth-order valence-corrected chi connectivity index (χ4v) is 1.28. The van der Waals surface area contributed by atoms with Gasteiger partial charge >= 0.3 is 0 Å². The topological polar surface area (TPSA) is 20.2 Å². The average molecular weight is 126 g/mol. The van der Waals surface area contributed by atoms with Crippen LogP contribution < -0.4 is 0 Å². The fourth-order valence-electron chi connectivity index (χ4n) is 1.28. The zero-order chi connectivity index (χ0) is 7.07. The maximum atomic E-state index is 9.23. The summed E-state index contributed by atoms with van der Waals surface area (Å²) >= 11 is 0. The Morgan fingerprint density at radius 1 is 1.67 bits per heavy atom. The van der Waals surface area contributed by atoms with Crippen LogP contribution in [0.4, 0.5) is 0 Å². The van der Waals surface area contributed by atoms with Gasteiger partial charge in [0, 0.05) is 0 Å². The van der Waals surface area contributed by atoms with Crippen LogP contribution in [-0.4, -0.2) is 11.2 Å². The molecule has 1 fully saturated rings. The molecule has 0 amide bonds. The molecule has 1 rings (SSSR count). The summed E-state index contributed by atoms with van der Waals surface area (Å²) in [6, 6.07) is 0. The first kappa shape index (κ1) is 6.81. The number of aliphatic hydroxyl groups excluding tert-OH is 1. The summed E-state index contributed by atoms with van der Waals surface area (Å²) < 4.78 is 0. The lowest BCUT2D eigenvalue weighted by molar-refractivity contribution is 0.216. The van der Waals surface area contributed by atoms with Crippen LogP contribution in [0.3, 0.4) is 0 Å². The first-order valence-electron chi connectivity index (χ1n) is 3.41. The summed E-state index contributed by atoms with van der Waals surface area (Å²) in [5, 5.41) is 9.23. The van der Waals surface area contributed by atoms with Gasteiger partial charge in [-0.2, -0.15) is 0 Å². The molecule has 9 heavy (non-hydrogen) atoms. The normalized spacial score (nSPS) is 33.2. The zero-order valence-electron chi connectivity index (χ0n) is 6.15. The van der Waals surface area contributed by atoms with Gasteiger partial charge in [0.05, 0.1) is 6.10 Å². The van der Waals surface area contributed by atoms with Crippen molar-refractivity contribution < 1.29 is 5.11 Å². The summed E-state index contributed by atoms with van der Waals surface area (Å²) in [5.74, 6) is 0. The van der Waals surface area contributed by atoms with Crippen LogP contribution in [0, 0.1) is 5.41 Å². The predicted octanol–water partition coefficient (Wildman–Crippen LogP) is 1.72. The number of hydrogen-bond acceptors (Lipinski definition) is 1. The third-order valence-electron chi connectivity index (χ3n) is 2.31. The molecular formula is C8H14O. The molecule has 0 saturated heterocycles. The van der Waals surface area contributed by atoms with Crippen molar-refractivity contribution in [3.8, 4) is 0 Å². The molecule has 1 atom stereocenters. The Bertz CT molecular complexity index is 136. The second-order valence-electron chi connectivity index (χ2n) is 3.46. The van der Waals surface area contributed by atoms with Crippen LogP contribution in [0.5, 0.6) is 0 Å². The van der Waals surface area contributed by atoms with Crippen LogP contribution in [0.25, 0.3) is 0 Å². The Kier molecular flexibility index (Phi) is 1.39. The molecule has 1 N–H and O–H groups in total. The number of hydrogen-bond donors (Lipinski definition) is 1. The van der Waals surface area contributed by atoms with E-state index in [9.17, 15) is 5.11 Å². The van der Waals surface area contributed by atoms with Gasteiger partial charge < -0.3 is 5.11 Å². The van der Waals surface area contributed by atoms with E-state index in [1.165, 1.54) is 0 Å². The molecule has 0 aromatic rings.